The van der Waals surface area contributed by atoms with Crippen molar-refractivity contribution < 1.29 is 4.39 Å². The second-order valence-corrected chi connectivity index (χ2v) is 3.35. The van der Waals surface area contributed by atoms with Crippen LogP contribution in [0, 0.1) is 17.1 Å². The number of hydrogen-bond donors (Lipinski definition) is 0. The van der Waals surface area contributed by atoms with E-state index in [0.29, 0.717) is 5.56 Å². The first-order chi connectivity index (χ1) is 7.72. The summed E-state index contributed by atoms with van der Waals surface area (Å²) in [6.07, 6.45) is 2.77. The largest absolute Gasteiger partial charge is 0.226 e. The highest BCUT2D eigenvalue weighted by Gasteiger charge is 2.11. The molecule has 0 aliphatic rings. The molecule has 1 aromatic carbocycles. The number of nitrogens with zero attached hydrogens (tertiary/aromatic N) is 3. The van der Waals surface area contributed by atoms with E-state index in [1.807, 2.05) is 6.07 Å². The Morgan fingerprint density at radius 2 is 1.94 bits per heavy atom. The number of hydrogen-bond acceptors (Lipinski definition) is 3. The fourth-order valence-corrected chi connectivity index (χ4v) is 1.45. The van der Waals surface area contributed by atoms with Gasteiger partial charge in [-0.1, -0.05) is 6.07 Å². The van der Waals surface area contributed by atoms with Crippen LogP contribution in [0.5, 0.6) is 0 Å². The molecule has 16 heavy (non-hydrogen) atoms. The van der Waals surface area contributed by atoms with E-state index in [0.717, 1.165) is 0 Å². The molecule has 1 aromatic heterocycles. The van der Waals surface area contributed by atoms with Gasteiger partial charge < -0.3 is 0 Å². The minimum Gasteiger partial charge on any atom is -0.226 e. The Labute approximate surface area is 96.2 Å². The highest BCUT2D eigenvalue weighted by Crippen LogP contribution is 2.25. The van der Waals surface area contributed by atoms with Crippen molar-refractivity contribution in [1.29, 1.82) is 5.26 Å². The predicted molar refractivity (Wildman–Crippen MR) is 57.2 cm³/mol. The van der Waals surface area contributed by atoms with Crippen LogP contribution in [0.3, 0.4) is 0 Å². The molecule has 0 aliphatic heterocycles. The van der Waals surface area contributed by atoms with Crippen LogP contribution in [0.2, 0.25) is 5.28 Å². The topological polar surface area (TPSA) is 49.6 Å². The third-order valence-electron chi connectivity index (χ3n) is 2.04. The quantitative estimate of drug-likeness (QED) is 0.712. The molecule has 0 spiro atoms. The molecule has 0 saturated carbocycles. The predicted octanol–water partition coefficient (Wildman–Crippen LogP) is 2.81. The monoisotopic (exact) mass is 233 g/mol. The lowest BCUT2D eigenvalue weighted by Gasteiger charge is -2.04. The van der Waals surface area contributed by atoms with Gasteiger partial charge >= 0.3 is 0 Å². The molecule has 1 heterocycles. The zero-order valence-electron chi connectivity index (χ0n) is 7.98. The van der Waals surface area contributed by atoms with Gasteiger partial charge in [0.05, 0.1) is 11.6 Å². The smallest absolute Gasteiger partial charge is 0.222 e. The maximum atomic E-state index is 13.6. The van der Waals surface area contributed by atoms with Crippen molar-refractivity contribution in [2.75, 3.05) is 0 Å². The molecule has 0 N–H and O–H groups in total. The summed E-state index contributed by atoms with van der Waals surface area (Å²) in [5.41, 5.74) is 0.867. The second kappa shape index (κ2) is 4.25. The van der Waals surface area contributed by atoms with Gasteiger partial charge in [0.1, 0.15) is 5.82 Å². The lowest BCUT2D eigenvalue weighted by Crippen LogP contribution is -1.91. The van der Waals surface area contributed by atoms with Gasteiger partial charge in [0, 0.05) is 23.5 Å². The van der Waals surface area contributed by atoms with Crippen LogP contribution in [0.1, 0.15) is 5.56 Å². The summed E-state index contributed by atoms with van der Waals surface area (Å²) in [6, 6.07) is 6.22. The number of aromatic nitrogens is 2. The summed E-state index contributed by atoms with van der Waals surface area (Å²) in [6.45, 7) is 0. The van der Waals surface area contributed by atoms with Gasteiger partial charge in [-0.3, -0.25) is 0 Å². The highest BCUT2D eigenvalue weighted by atomic mass is 35.5. The first kappa shape index (κ1) is 10.5. The third kappa shape index (κ3) is 1.86. The molecular formula is C11H5ClFN3. The van der Waals surface area contributed by atoms with Gasteiger partial charge in [-0.25, -0.2) is 14.4 Å². The Kier molecular flexibility index (Phi) is 2.80. The lowest BCUT2D eigenvalue weighted by atomic mass is 10.0. The number of rotatable bonds is 1. The summed E-state index contributed by atoms with van der Waals surface area (Å²) in [4.78, 5) is 7.50. The maximum absolute atomic E-state index is 13.6. The number of halogens is 2. The Morgan fingerprint density at radius 1 is 1.25 bits per heavy atom. The van der Waals surface area contributed by atoms with Crippen LogP contribution in [0.4, 0.5) is 4.39 Å². The Morgan fingerprint density at radius 3 is 2.56 bits per heavy atom. The molecule has 0 fully saturated rings. The molecule has 0 radical (unpaired) electrons. The van der Waals surface area contributed by atoms with Crippen LogP contribution in [0.25, 0.3) is 11.1 Å². The zero-order valence-corrected chi connectivity index (χ0v) is 8.74. The molecule has 5 heteroatoms. The van der Waals surface area contributed by atoms with Crippen molar-refractivity contribution in [3.63, 3.8) is 0 Å². The molecular weight excluding hydrogens is 229 g/mol. The Hall–Kier alpha value is -1.99. The van der Waals surface area contributed by atoms with Gasteiger partial charge in [-0.2, -0.15) is 5.26 Å². The summed E-state index contributed by atoms with van der Waals surface area (Å²) in [5.74, 6) is -0.482. The van der Waals surface area contributed by atoms with Crippen molar-refractivity contribution in [2.45, 2.75) is 0 Å². The molecule has 78 valence electrons. The SMILES string of the molecule is N#Cc1cccc(F)c1-c1cnc(Cl)nc1. The molecule has 3 nitrogen and oxygen atoms in total. The van der Waals surface area contributed by atoms with Gasteiger partial charge in [0.2, 0.25) is 5.28 Å². The highest BCUT2D eigenvalue weighted by molar-refractivity contribution is 6.28. The number of benzene rings is 1. The first-order valence-corrected chi connectivity index (χ1v) is 4.76. The van der Waals surface area contributed by atoms with Crippen LogP contribution in [0.15, 0.2) is 30.6 Å². The van der Waals surface area contributed by atoms with E-state index in [2.05, 4.69) is 9.97 Å². The molecule has 0 aliphatic carbocycles. The maximum Gasteiger partial charge on any atom is 0.222 e. The van der Waals surface area contributed by atoms with Crippen LogP contribution < -0.4 is 0 Å². The second-order valence-electron chi connectivity index (χ2n) is 3.01. The van der Waals surface area contributed by atoms with E-state index in [1.54, 1.807) is 0 Å². The number of nitriles is 1. The van der Waals surface area contributed by atoms with Gasteiger partial charge in [-0.15, -0.1) is 0 Å². The Bertz CT molecular complexity index is 560. The minimum atomic E-state index is -0.482. The van der Waals surface area contributed by atoms with Crippen molar-refractivity contribution in [3.05, 3.63) is 47.3 Å². The van der Waals surface area contributed by atoms with Crippen molar-refractivity contribution >= 4 is 11.6 Å². The van der Waals surface area contributed by atoms with Crippen molar-refractivity contribution in [1.82, 2.24) is 9.97 Å². The fraction of sp³-hybridized carbons (Fsp3) is 0. The van der Waals surface area contributed by atoms with E-state index >= 15 is 0 Å². The summed E-state index contributed by atoms with van der Waals surface area (Å²) in [5, 5.41) is 8.96. The van der Waals surface area contributed by atoms with Gasteiger partial charge in [-0.05, 0) is 23.7 Å². The van der Waals surface area contributed by atoms with Crippen LogP contribution in [-0.4, -0.2) is 9.97 Å². The standard InChI is InChI=1S/C11H5ClFN3/c12-11-15-5-8(6-16-11)10-7(4-14)2-1-3-9(10)13/h1-3,5-6H. The van der Waals surface area contributed by atoms with E-state index in [1.165, 1.54) is 30.6 Å². The third-order valence-corrected chi connectivity index (χ3v) is 2.24. The van der Waals surface area contributed by atoms with E-state index in [4.69, 9.17) is 16.9 Å². The summed E-state index contributed by atoms with van der Waals surface area (Å²) < 4.78 is 13.6. The first-order valence-electron chi connectivity index (χ1n) is 4.39. The zero-order chi connectivity index (χ0) is 11.5. The normalized spacial score (nSPS) is 9.81. The van der Waals surface area contributed by atoms with Crippen LogP contribution in [-0.2, 0) is 0 Å². The van der Waals surface area contributed by atoms with Gasteiger partial charge in [0.25, 0.3) is 0 Å². The molecule has 0 unspecified atom stereocenters. The fourth-order valence-electron chi connectivity index (χ4n) is 1.35. The Balaban J connectivity index is 2.64. The molecule has 0 amide bonds. The molecule has 2 rings (SSSR count). The lowest BCUT2D eigenvalue weighted by molar-refractivity contribution is 0.630. The molecule has 0 saturated heterocycles. The van der Waals surface area contributed by atoms with Gasteiger partial charge in [0.15, 0.2) is 0 Å². The summed E-state index contributed by atoms with van der Waals surface area (Å²) in [7, 11) is 0. The van der Waals surface area contributed by atoms with Crippen molar-refractivity contribution in [2.24, 2.45) is 0 Å². The van der Waals surface area contributed by atoms with E-state index in [9.17, 15) is 4.39 Å². The van der Waals surface area contributed by atoms with E-state index < -0.39 is 5.82 Å². The van der Waals surface area contributed by atoms with Crippen LogP contribution >= 0.6 is 11.6 Å². The average Bonchev–Trinajstić information content (AvgIpc) is 2.30. The molecule has 2 aromatic rings. The molecule has 0 bridgehead atoms. The van der Waals surface area contributed by atoms with E-state index in [-0.39, 0.29) is 16.4 Å². The minimum absolute atomic E-state index is 0.0820. The summed E-state index contributed by atoms with van der Waals surface area (Å²) >= 11 is 5.53. The average molecular weight is 234 g/mol. The molecule has 0 atom stereocenters. The van der Waals surface area contributed by atoms with Crippen molar-refractivity contribution in [3.8, 4) is 17.2 Å².